The predicted octanol–water partition coefficient (Wildman–Crippen LogP) is 0.411. The third-order valence-corrected chi connectivity index (χ3v) is 4.26. The summed E-state index contributed by atoms with van der Waals surface area (Å²) in [5, 5.41) is 3.45. The van der Waals surface area contributed by atoms with E-state index in [-0.39, 0.29) is 0 Å². The maximum atomic E-state index is 10.8. The zero-order chi connectivity index (χ0) is 11.1. The van der Waals surface area contributed by atoms with Crippen molar-refractivity contribution in [2.24, 2.45) is 0 Å². The summed E-state index contributed by atoms with van der Waals surface area (Å²) in [6.45, 7) is 1.43. The predicted molar refractivity (Wildman–Crippen MR) is 65.8 cm³/mol. The van der Waals surface area contributed by atoms with Crippen molar-refractivity contribution >= 4 is 21.8 Å². The average molecular weight is 252 g/mol. The van der Waals surface area contributed by atoms with Crippen LogP contribution < -0.4 is 10.0 Å². The second kappa shape index (κ2) is 6.73. The van der Waals surface area contributed by atoms with E-state index in [1.54, 1.807) is 0 Å². The van der Waals surface area contributed by atoms with Crippen molar-refractivity contribution in [3.05, 3.63) is 0 Å². The molecule has 1 atom stereocenters. The highest BCUT2D eigenvalue weighted by Crippen LogP contribution is 2.16. The molecule has 0 aliphatic carbocycles. The van der Waals surface area contributed by atoms with Gasteiger partial charge in [0.15, 0.2) is 0 Å². The molecule has 0 spiro atoms. The molecule has 0 saturated carbocycles. The van der Waals surface area contributed by atoms with E-state index in [2.05, 4.69) is 10.0 Å². The Hall–Kier alpha value is 0.220. The number of nitrogens with one attached hydrogen (secondary N) is 2. The third kappa shape index (κ3) is 7.16. The molecule has 2 N–H and O–H groups in total. The molecular formula is C9H20N2O2S2. The van der Waals surface area contributed by atoms with Crippen LogP contribution in [0.5, 0.6) is 0 Å². The summed E-state index contributed by atoms with van der Waals surface area (Å²) in [4.78, 5) is 0. The third-order valence-electron chi connectivity index (χ3n) is 2.31. The lowest BCUT2D eigenvalue weighted by Crippen LogP contribution is -2.35. The molecule has 15 heavy (non-hydrogen) atoms. The first-order chi connectivity index (χ1) is 7.08. The second-order valence-corrected chi connectivity index (χ2v) is 6.87. The minimum atomic E-state index is -3.01. The molecule has 0 aromatic rings. The smallest absolute Gasteiger partial charge is 0.208 e. The monoisotopic (exact) mass is 252 g/mol. The Morgan fingerprint density at radius 3 is 2.80 bits per heavy atom. The molecule has 1 fully saturated rings. The molecule has 0 amide bonds. The van der Waals surface area contributed by atoms with Crippen molar-refractivity contribution in [2.45, 2.75) is 25.3 Å². The van der Waals surface area contributed by atoms with E-state index in [9.17, 15) is 8.42 Å². The quantitative estimate of drug-likeness (QED) is 0.672. The van der Waals surface area contributed by atoms with Crippen molar-refractivity contribution in [1.29, 1.82) is 0 Å². The van der Waals surface area contributed by atoms with E-state index in [0.717, 1.165) is 13.0 Å². The Balaban J connectivity index is 1.96. The molecule has 1 aliphatic rings. The van der Waals surface area contributed by atoms with Gasteiger partial charge >= 0.3 is 0 Å². The van der Waals surface area contributed by atoms with Crippen LogP contribution in [0.4, 0.5) is 0 Å². The topological polar surface area (TPSA) is 58.2 Å². The standard InChI is InChI=1S/C9H20N2O2S2/c1-15(12,13)11-6-3-5-10-9-4-2-7-14-8-9/h9-11H,2-8H2,1H3. The van der Waals surface area contributed by atoms with E-state index in [1.807, 2.05) is 11.8 Å². The fourth-order valence-electron chi connectivity index (χ4n) is 1.55. The largest absolute Gasteiger partial charge is 0.313 e. The van der Waals surface area contributed by atoms with Gasteiger partial charge in [-0.25, -0.2) is 13.1 Å². The van der Waals surface area contributed by atoms with Crippen LogP contribution in [-0.2, 0) is 10.0 Å². The summed E-state index contributed by atoms with van der Waals surface area (Å²) in [5.41, 5.74) is 0. The van der Waals surface area contributed by atoms with Crippen LogP contribution in [0.25, 0.3) is 0 Å². The molecule has 0 aromatic carbocycles. The van der Waals surface area contributed by atoms with Gasteiger partial charge in [0.1, 0.15) is 0 Å². The zero-order valence-electron chi connectivity index (χ0n) is 9.16. The highest BCUT2D eigenvalue weighted by molar-refractivity contribution is 7.99. The molecule has 4 nitrogen and oxygen atoms in total. The van der Waals surface area contributed by atoms with Gasteiger partial charge in [0, 0.05) is 18.3 Å². The first-order valence-corrected chi connectivity index (χ1v) is 8.38. The van der Waals surface area contributed by atoms with E-state index in [1.165, 1.54) is 30.6 Å². The van der Waals surface area contributed by atoms with E-state index in [0.29, 0.717) is 12.6 Å². The summed E-state index contributed by atoms with van der Waals surface area (Å²) < 4.78 is 24.0. The van der Waals surface area contributed by atoms with Crippen molar-refractivity contribution in [1.82, 2.24) is 10.0 Å². The molecule has 1 heterocycles. The fourth-order valence-corrected chi connectivity index (χ4v) is 3.18. The van der Waals surface area contributed by atoms with Crippen LogP contribution in [0.1, 0.15) is 19.3 Å². The highest BCUT2D eigenvalue weighted by Gasteiger charge is 2.12. The van der Waals surface area contributed by atoms with Gasteiger partial charge < -0.3 is 5.32 Å². The molecule has 6 heteroatoms. The van der Waals surface area contributed by atoms with Gasteiger partial charge in [-0.1, -0.05) is 0 Å². The maximum Gasteiger partial charge on any atom is 0.208 e. The van der Waals surface area contributed by atoms with Gasteiger partial charge in [-0.05, 0) is 31.6 Å². The van der Waals surface area contributed by atoms with Crippen LogP contribution in [0.15, 0.2) is 0 Å². The molecule has 0 aromatic heterocycles. The van der Waals surface area contributed by atoms with Gasteiger partial charge in [-0.3, -0.25) is 0 Å². The van der Waals surface area contributed by atoms with E-state index < -0.39 is 10.0 Å². The summed E-state index contributed by atoms with van der Waals surface area (Å²) in [5.74, 6) is 2.48. The minimum absolute atomic E-state index is 0.533. The van der Waals surface area contributed by atoms with Gasteiger partial charge in [0.05, 0.1) is 6.26 Å². The number of thioether (sulfide) groups is 1. The van der Waals surface area contributed by atoms with Gasteiger partial charge in [-0.2, -0.15) is 11.8 Å². The summed E-state index contributed by atoms with van der Waals surface area (Å²) in [6.07, 6.45) is 4.60. The Morgan fingerprint density at radius 1 is 1.40 bits per heavy atom. The van der Waals surface area contributed by atoms with Crippen LogP contribution in [-0.4, -0.2) is 45.3 Å². The molecule has 1 saturated heterocycles. The summed E-state index contributed by atoms with van der Waals surface area (Å²) in [7, 11) is -3.01. The molecule has 1 aliphatic heterocycles. The number of hydrogen-bond donors (Lipinski definition) is 2. The highest BCUT2D eigenvalue weighted by atomic mass is 32.2. The van der Waals surface area contributed by atoms with Crippen LogP contribution in [0, 0.1) is 0 Å². The molecule has 1 rings (SSSR count). The average Bonchev–Trinajstić information content (AvgIpc) is 2.17. The van der Waals surface area contributed by atoms with Crippen LogP contribution in [0.3, 0.4) is 0 Å². The first kappa shape index (κ1) is 13.3. The molecule has 90 valence electrons. The Kier molecular flexibility index (Phi) is 5.96. The number of sulfonamides is 1. The molecule has 1 unspecified atom stereocenters. The lowest BCUT2D eigenvalue weighted by molar-refractivity contribution is 0.499. The van der Waals surface area contributed by atoms with Crippen molar-refractivity contribution < 1.29 is 8.42 Å². The molecule has 0 radical (unpaired) electrons. The number of rotatable bonds is 6. The summed E-state index contributed by atoms with van der Waals surface area (Å²) in [6, 6.07) is 0.627. The second-order valence-electron chi connectivity index (χ2n) is 3.89. The van der Waals surface area contributed by atoms with Crippen molar-refractivity contribution in [3.8, 4) is 0 Å². The normalized spacial score (nSPS) is 22.9. The maximum absolute atomic E-state index is 10.8. The fraction of sp³-hybridized carbons (Fsp3) is 1.00. The van der Waals surface area contributed by atoms with Gasteiger partial charge in [-0.15, -0.1) is 0 Å². The Morgan fingerprint density at radius 2 is 2.20 bits per heavy atom. The van der Waals surface area contributed by atoms with Crippen molar-refractivity contribution in [3.63, 3.8) is 0 Å². The lowest BCUT2D eigenvalue weighted by atomic mass is 10.2. The zero-order valence-corrected chi connectivity index (χ0v) is 10.8. The first-order valence-electron chi connectivity index (χ1n) is 5.34. The summed E-state index contributed by atoms with van der Waals surface area (Å²) >= 11 is 2.00. The SMILES string of the molecule is CS(=O)(=O)NCCCNC1CCCSC1. The molecule has 0 bridgehead atoms. The molecular weight excluding hydrogens is 232 g/mol. The van der Waals surface area contributed by atoms with Gasteiger partial charge in [0.25, 0.3) is 0 Å². The van der Waals surface area contributed by atoms with Crippen LogP contribution in [0.2, 0.25) is 0 Å². The van der Waals surface area contributed by atoms with Gasteiger partial charge in [0.2, 0.25) is 10.0 Å². The lowest BCUT2D eigenvalue weighted by Gasteiger charge is -2.22. The Labute approximate surface area is 96.6 Å². The van der Waals surface area contributed by atoms with Crippen molar-refractivity contribution in [2.75, 3.05) is 30.9 Å². The number of hydrogen-bond acceptors (Lipinski definition) is 4. The van der Waals surface area contributed by atoms with E-state index in [4.69, 9.17) is 0 Å². The Bertz CT molecular complexity index is 261. The van der Waals surface area contributed by atoms with E-state index >= 15 is 0 Å². The van der Waals surface area contributed by atoms with Crippen LogP contribution >= 0.6 is 11.8 Å². The minimum Gasteiger partial charge on any atom is -0.313 e.